The number of aryl methyl sites for hydroxylation is 2. The average Bonchev–Trinajstić information content (AvgIpc) is 3.05. The van der Waals surface area contributed by atoms with Gasteiger partial charge in [-0.15, -0.1) is 0 Å². The summed E-state index contributed by atoms with van der Waals surface area (Å²) in [5.74, 6) is 0.674. The Morgan fingerprint density at radius 2 is 1.50 bits per heavy atom. The first-order chi connectivity index (χ1) is 12.5. The molecule has 0 spiro atoms. The van der Waals surface area contributed by atoms with Crippen LogP contribution in [0, 0.1) is 13.8 Å². The molecule has 0 atom stereocenters. The van der Waals surface area contributed by atoms with E-state index in [9.17, 15) is 9.59 Å². The minimum Gasteiger partial charge on any atom is -0.462 e. The molecule has 0 N–H and O–H groups in total. The average molecular weight is 343 g/mol. The summed E-state index contributed by atoms with van der Waals surface area (Å²) in [5.41, 5.74) is 3.19. The van der Waals surface area contributed by atoms with Gasteiger partial charge in [0.2, 0.25) is 0 Å². The highest BCUT2D eigenvalue weighted by Gasteiger charge is 2.35. The molecule has 0 saturated heterocycles. The fraction of sp³-hybridized carbons (Fsp3) is 0.0909. The van der Waals surface area contributed by atoms with Gasteiger partial charge in [-0.1, -0.05) is 35.9 Å². The van der Waals surface area contributed by atoms with Crippen molar-refractivity contribution in [1.29, 1.82) is 0 Å². The minimum atomic E-state index is -0.355. The van der Waals surface area contributed by atoms with Crippen molar-refractivity contribution in [1.82, 2.24) is 0 Å². The van der Waals surface area contributed by atoms with Crippen molar-refractivity contribution in [3.05, 3.63) is 88.9 Å². The predicted molar refractivity (Wildman–Crippen MR) is 101 cm³/mol. The minimum absolute atomic E-state index is 0.317. The molecule has 1 aliphatic heterocycles. The standard InChI is InChI=1S/C22H17NO3/c1-14-7-10-16(11-8-14)23-21(24)19-6-4-3-5-18(19)20(22(23)25)13-17-12-9-15(2)26-17/h3-13H,1-2H3/b20-13-. The first-order valence-electron chi connectivity index (χ1n) is 8.37. The summed E-state index contributed by atoms with van der Waals surface area (Å²) in [4.78, 5) is 27.4. The molecule has 0 fully saturated rings. The van der Waals surface area contributed by atoms with Gasteiger partial charge in [0.25, 0.3) is 11.8 Å². The van der Waals surface area contributed by atoms with Gasteiger partial charge in [-0.3, -0.25) is 9.59 Å². The SMILES string of the molecule is Cc1ccc(N2C(=O)/C(=C\c3ccc(C)o3)c3ccccc3C2=O)cc1. The maximum atomic E-state index is 13.2. The molecule has 2 heterocycles. The van der Waals surface area contributed by atoms with E-state index in [1.807, 2.05) is 44.2 Å². The fourth-order valence-corrected chi connectivity index (χ4v) is 3.09. The third-order valence-electron chi connectivity index (χ3n) is 4.42. The quantitative estimate of drug-likeness (QED) is 0.504. The van der Waals surface area contributed by atoms with E-state index in [1.54, 1.807) is 36.4 Å². The van der Waals surface area contributed by atoms with Crippen LogP contribution in [0.4, 0.5) is 5.69 Å². The summed E-state index contributed by atoms with van der Waals surface area (Å²) in [6, 6.07) is 18.1. The van der Waals surface area contributed by atoms with Crippen LogP contribution in [0.3, 0.4) is 0 Å². The number of benzene rings is 2. The molecule has 0 bridgehead atoms. The van der Waals surface area contributed by atoms with Gasteiger partial charge < -0.3 is 4.42 Å². The van der Waals surface area contributed by atoms with E-state index in [0.717, 1.165) is 11.3 Å². The molecule has 0 saturated carbocycles. The van der Waals surface area contributed by atoms with Crippen LogP contribution >= 0.6 is 0 Å². The van der Waals surface area contributed by atoms with Gasteiger partial charge in [0, 0.05) is 11.1 Å². The number of fused-ring (bicyclic) bond motifs is 1. The van der Waals surface area contributed by atoms with E-state index >= 15 is 0 Å². The second-order valence-corrected chi connectivity index (χ2v) is 6.33. The maximum absolute atomic E-state index is 13.2. The molecule has 2 aromatic carbocycles. The molecule has 4 heteroatoms. The molecule has 0 unspecified atom stereocenters. The lowest BCUT2D eigenvalue weighted by Gasteiger charge is -2.28. The summed E-state index contributed by atoms with van der Waals surface area (Å²) in [6.07, 6.45) is 1.70. The number of carbonyl (C=O) groups excluding carboxylic acids is 2. The van der Waals surface area contributed by atoms with Crippen molar-refractivity contribution < 1.29 is 14.0 Å². The Morgan fingerprint density at radius 3 is 2.15 bits per heavy atom. The zero-order valence-corrected chi connectivity index (χ0v) is 14.5. The molecule has 0 radical (unpaired) electrons. The zero-order chi connectivity index (χ0) is 18.3. The lowest BCUT2D eigenvalue weighted by Crippen LogP contribution is -2.41. The largest absolute Gasteiger partial charge is 0.462 e. The molecule has 1 aromatic heterocycles. The Hall–Kier alpha value is -3.40. The first kappa shape index (κ1) is 16.1. The second-order valence-electron chi connectivity index (χ2n) is 6.33. The van der Waals surface area contributed by atoms with Crippen LogP contribution in [0.15, 0.2) is 65.1 Å². The van der Waals surface area contributed by atoms with Crippen molar-refractivity contribution in [2.24, 2.45) is 0 Å². The van der Waals surface area contributed by atoms with Crippen LogP contribution < -0.4 is 4.90 Å². The van der Waals surface area contributed by atoms with Crippen molar-refractivity contribution in [2.75, 3.05) is 4.90 Å². The molecule has 26 heavy (non-hydrogen) atoms. The number of carbonyl (C=O) groups is 2. The van der Waals surface area contributed by atoms with E-state index in [0.29, 0.717) is 28.1 Å². The number of rotatable bonds is 2. The van der Waals surface area contributed by atoms with E-state index in [1.165, 1.54) is 4.90 Å². The van der Waals surface area contributed by atoms with Crippen LogP contribution in [0.5, 0.6) is 0 Å². The summed E-state index contributed by atoms with van der Waals surface area (Å²) in [7, 11) is 0. The van der Waals surface area contributed by atoms with Crippen LogP contribution in [-0.4, -0.2) is 11.8 Å². The summed E-state index contributed by atoms with van der Waals surface area (Å²) >= 11 is 0. The normalized spacial score (nSPS) is 15.5. The van der Waals surface area contributed by atoms with Gasteiger partial charge in [-0.2, -0.15) is 0 Å². The molecule has 2 amide bonds. The Labute approximate surface area is 151 Å². The van der Waals surface area contributed by atoms with Gasteiger partial charge in [0.1, 0.15) is 11.5 Å². The highest BCUT2D eigenvalue weighted by atomic mass is 16.3. The van der Waals surface area contributed by atoms with Gasteiger partial charge in [0.15, 0.2) is 0 Å². The number of nitrogens with zero attached hydrogens (tertiary/aromatic N) is 1. The van der Waals surface area contributed by atoms with Crippen LogP contribution in [0.1, 0.15) is 33.0 Å². The summed E-state index contributed by atoms with van der Waals surface area (Å²) in [6.45, 7) is 3.81. The van der Waals surface area contributed by atoms with E-state index in [-0.39, 0.29) is 11.8 Å². The smallest absolute Gasteiger partial charge is 0.266 e. The Balaban J connectivity index is 1.89. The van der Waals surface area contributed by atoms with E-state index in [2.05, 4.69) is 0 Å². The maximum Gasteiger partial charge on any atom is 0.266 e. The number of imide groups is 1. The van der Waals surface area contributed by atoms with Gasteiger partial charge in [-0.25, -0.2) is 4.90 Å². The van der Waals surface area contributed by atoms with Gasteiger partial charge >= 0.3 is 0 Å². The molecule has 4 rings (SSSR count). The van der Waals surface area contributed by atoms with Crippen LogP contribution in [-0.2, 0) is 4.79 Å². The lowest BCUT2D eigenvalue weighted by atomic mass is 9.92. The number of anilines is 1. The first-order valence-corrected chi connectivity index (χ1v) is 8.37. The zero-order valence-electron chi connectivity index (χ0n) is 14.5. The predicted octanol–water partition coefficient (Wildman–Crippen LogP) is 4.62. The summed E-state index contributed by atoms with van der Waals surface area (Å²) < 4.78 is 5.60. The third-order valence-corrected chi connectivity index (χ3v) is 4.42. The summed E-state index contributed by atoms with van der Waals surface area (Å²) in [5, 5.41) is 0. The van der Waals surface area contributed by atoms with Crippen LogP contribution in [0.25, 0.3) is 11.6 Å². The second kappa shape index (κ2) is 6.15. The molecule has 4 nitrogen and oxygen atoms in total. The highest BCUT2D eigenvalue weighted by Crippen LogP contribution is 2.33. The van der Waals surface area contributed by atoms with Gasteiger partial charge in [0.05, 0.1) is 11.3 Å². The van der Waals surface area contributed by atoms with E-state index in [4.69, 9.17) is 4.42 Å². The Kier molecular flexibility index (Phi) is 3.81. The molecule has 0 aliphatic carbocycles. The van der Waals surface area contributed by atoms with Crippen molar-refractivity contribution >= 4 is 29.2 Å². The lowest BCUT2D eigenvalue weighted by molar-refractivity contribution is -0.112. The molecule has 1 aliphatic rings. The number of hydrogen-bond donors (Lipinski definition) is 0. The molecule has 3 aromatic rings. The highest BCUT2D eigenvalue weighted by molar-refractivity contribution is 6.43. The third kappa shape index (κ3) is 2.65. The van der Waals surface area contributed by atoms with Crippen molar-refractivity contribution in [3.8, 4) is 0 Å². The van der Waals surface area contributed by atoms with E-state index < -0.39 is 0 Å². The molecule has 128 valence electrons. The Morgan fingerprint density at radius 1 is 0.808 bits per heavy atom. The molecular weight excluding hydrogens is 326 g/mol. The fourth-order valence-electron chi connectivity index (χ4n) is 3.09. The topological polar surface area (TPSA) is 50.5 Å². The number of furan rings is 1. The van der Waals surface area contributed by atoms with Crippen molar-refractivity contribution in [2.45, 2.75) is 13.8 Å². The number of hydrogen-bond acceptors (Lipinski definition) is 3. The van der Waals surface area contributed by atoms with Crippen LogP contribution in [0.2, 0.25) is 0 Å². The number of amides is 2. The van der Waals surface area contributed by atoms with Gasteiger partial charge in [-0.05, 0) is 50.3 Å². The monoisotopic (exact) mass is 343 g/mol. The van der Waals surface area contributed by atoms with Crippen molar-refractivity contribution in [3.63, 3.8) is 0 Å². The Bertz CT molecular complexity index is 1040. The molecular formula is C22H17NO3.